The number of benzene rings is 1. The molecule has 110 valence electrons. The van der Waals surface area contributed by atoms with Gasteiger partial charge >= 0.3 is 5.97 Å². The second-order valence-corrected chi connectivity index (χ2v) is 5.46. The molecule has 0 spiro atoms. The molecule has 4 nitrogen and oxygen atoms in total. The summed E-state index contributed by atoms with van der Waals surface area (Å²) < 4.78 is 7.04. The number of rotatable bonds is 3. The standard InChI is InChI=1S/C17H20N2O2/c1-13-16-4-3-9-18(16)10-11-19(13)12-14-5-7-15(8-6-14)17(20)21-2/h3-9,13H,10-12H2,1-2H3/t13-/m1/s1. The van der Waals surface area contributed by atoms with Crippen LogP contribution in [0.25, 0.3) is 0 Å². The maximum absolute atomic E-state index is 11.4. The molecule has 1 aromatic carbocycles. The molecule has 2 aromatic rings. The third kappa shape index (κ3) is 2.72. The molecule has 0 amide bonds. The summed E-state index contributed by atoms with van der Waals surface area (Å²) >= 11 is 0. The SMILES string of the molecule is COC(=O)c1ccc(CN2CCn3cccc3[C@H]2C)cc1. The third-order valence-electron chi connectivity index (χ3n) is 4.23. The number of aromatic nitrogens is 1. The lowest BCUT2D eigenvalue weighted by Crippen LogP contribution is -2.35. The van der Waals surface area contributed by atoms with Crippen molar-refractivity contribution < 1.29 is 9.53 Å². The molecule has 0 saturated carbocycles. The van der Waals surface area contributed by atoms with Gasteiger partial charge in [-0.25, -0.2) is 4.79 Å². The maximum Gasteiger partial charge on any atom is 0.337 e. The monoisotopic (exact) mass is 284 g/mol. The average Bonchev–Trinajstić information content (AvgIpc) is 2.99. The molecule has 0 bridgehead atoms. The Labute approximate surface area is 124 Å². The number of esters is 1. The molecule has 0 saturated heterocycles. The van der Waals surface area contributed by atoms with E-state index in [1.54, 1.807) is 0 Å². The van der Waals surface area contributed by atoms with Gasteiger partial charge in [-0.1, -0.05) is 12.1 Å². The highest BCUT2D eigenvalue weighted by Gasteiger charge is 2.23. The minimum Gasteiger partial charge on any atom is -0.465 e. The molecule has 0 aliphatic carbocycles. The van der Waals surface area contributed by atoms with Gasteiger partial charge in [0.05, 0.1) is 12.7 Å². The maximum atomic E-state index is 11.4. The summed E-state index contributed by atoms with van der Waals surface area (Å²) in [4.78, 5) is 13.9. The van der Waals surface area contributed by atoms with E-state index in [0.29, 0.717) is 11.6 Å². The molecule has 3 rings (SSSR count). The molecule has 0 fully saturated rings. The number of carbonyl (C=O) groups is 1. The van der Waals surface area contributed by atoms with E-state index in [0.717, 1.165) is 19.6 Å². The van der Waals surface area contributed by atoms with Crippen LogP contribution in [0.2, 0.25) is 0 Å². The van der Waals surface area contributed by atoms with Gasteiger partial charge in [0, 0.05) is 37.6 Å². The largest absolute Gasteiger partial charge is 0.465 e. The van der Waals surface area contributed by atoms with Gasteiger partial charge in [-0.3, -0.25) is 4.90 Å². The van der Waals surface area contributed by atoms with Crippen LogP contribution in [0.4, 0.5) is 0 Å². The molecule has 4 heteroatoms. The third-order valence-corrected chi connectivity index (χ3v) is 4.23. The van der Waals surface area contributed by atoms with Gasteiger partial charge in [-0.05, 0) is 36.8 Å². The van der Waals surface area contributed by atoms with Crippen LogP contribution in [0, 0.1) is 0 Å². The molecular weight excluding hydrogens is 264 g/mol. The van der Waals surface area contributed by atoms with Crippen LogP contribution in [0.3, 0.4) is 0 Å². The van der Waals surface area contributed by atoms with Crippen LogP contribution in [-0.2, 0) is 17.8 Å². The first kappa shape index (κ1) is 13.9. The van der Waals surface area contributed by atoms with E-state index in [2.05, 4.69) is 34.7 Å². The molecule has 0 radical (unpaired) electrons. The van der Waals surface area contributed by atoms with E-state index in [4.69, 9.17) is 4.74 Å². The van der Waals surface area contributed by atoms with Crippen LogP contribution >= 0.6 is 0 Å². The molecule has 1 aromatic heterocycles. The van der Waals surface area contributed by atoms with Crippen LogP contribution in [0.1, 0.15) is 34.6 Å². The van der Waals surface area contributed by atoms with E-state index in [1.807, 2.05) is 24.3 Å². The number of methoxy groups -OCH3 is 1. The van der Waals surface area contributed by atoms with Crippen molar-refractivity contribution in [3.05, 3.63) is 59.4 Å². The first-order valence-electron chi connectivity index (χ1n) is 7.25. The predicted molar refractivity (Wildman–Crippen MR) is 81.0 cm³/mol. The number of carbonyl (C=O) groups excluding carboxylic acids is 1. The van der Waals surface area contributed by atoms with Gasteiger partial charge in [0.1, 0.15) is 0 Å². The summed E-state index contributed by atoms with van der Waals surface area (Å²) in [6, 6.07) is 12.4. The van der Waals surface area contributed by atoms with Crippen LogP contribution in [0.15, 0.2) is 42.6 Å². The van der Waals surface area contributed by atoms with E-state index in [9.17, 15) is 4.79 Å². The summed E-state index contributed by atoms with van der Waals surface area (Å²) in [6.45, 7) is 5.22. The molecule has 0 unspecified atom stereocenters. The molecule has 2 heterocycles. The Balaban J connectivity index is 1.71. The van der Waals surface area contributed by atoms with Crippen molar-refractivity contribution in [1.82, 2.24) is 9.47 Å². The van der Waals surface area contributed by atoms with E-state index >= 15 is 0 Å². The average molecular weight is 284 g/mol. The Morgan fingerprint density at radius 1 is 1.24 bits per heavy atom. The van der Waals surface area contributed by atoms with Gasteiger partial charge in [-0.15, -0.1) is 0 Å². The van der Waals surface area contributed by atoms with Crippen molar-refractivity contribution in [2.45, 2.75) is 26.1 Å². The Morgan fingerprint density at radius 2 is 2.00 bits per heavy atom. The zero-order valence-electron chi connectivity index (χ0n) is 12.5. The van der Waals surface area contributed by atoms with Gasteiger partial charge in [0.25, 0.3) is 0 Å². The van der Waals surface area contributed by atoms with Crippen LogP contribution in [0.5, 0.6) is 0 Å². The highest BCUT2D eigenvalue weighted by molar-refractivity contribution is 5.89. The number of hydrogen-bond donors (Lipinski definition) is 0. The van der Waals surface area contributed by atoms with Gasteiger partial charge in [-0.2, -0.15) is 0 Å². The van der Waals surface area contributed by atoms with Crippen molar-refractivity contribution in [3.8, 4) is 0 Å². The lowest BCUT2D eigenvalue weighted by atomic mass is 10.1. The smallest absolute Gasteiger partial charge is 0.337 e. The number of ether oxygens (including phenoxy) is 1. The number of nitrogens with zero attached hydrogens (tertiary/aromatic N) is 2. The fourth-order valence-corrected chi connectivity index (χ4v) is 2.94. The van der Waals surface area contributed by atoms with Crippen molar-refractivity contribution in [2.24, 2.45) is 0 Å². The summed E-state index contributed by atoms with van der Waals surface area (Å²) in [5.74, 6) is -0.286. The van der Waals surface area contributed by atoms with E-state index < -0.39 is 0 Å². The minimum absolute atomic E-state index is 0.286. The quantitative estimate of drug-likeness (QED) is 0.813. The van der Waals surface area contributed by atoms with Crippen molar-refractivity contribution in [1.29, 1.82) is 0 Å². The number of hydrogen-bond acceptors (Lipinski definition) is 3. The second-order valence-electron chi connectivity index (χ2n) is 5.46. The molecule has 1 aliphatic rings. The van der Waals surface area contributed by atoms with Gasteiger partial charge in [0.2, 0.25) is 0 Å². The van der Waals surface area contributed by atoms with E-state index in [1.165, 1.54) is 18.4 Å². The Hall–Kier alpha value is -2.07. The van der Waals surface area contributed by atoms with Crippen molar-refractivity contribution in [2.75, 3.05) is 13.7 Å². The zero-order chi connectivity index (χ0) is 14.8. The van der Waals surface area contributed by atoms with Gasteiger partial charge < -0.3 is 9.30 Å². The summed E-state index contributed by atoms with van der Waals surface area (Å²) in [5.41, 5.74) is 3.18. The predicted octanol–water partition coefficient (Wildman–Crippen LogP) is 2.85. The molecule has 21 heavy (non-hydrogen) atoms. The lowest BCUT2D eigenvalue weighted by molar-refractivity contribution is 0.0600. The highest BCUT2D eigenvalue weighted by Crippen LogP contribution is 2.26. The first-order valence-corrected chi connectivity index (χ1v) is 7.25. The first-order chi connectivity index (χ1) is 10.2. The van der Waals surface area contributed by atoms with Gasteiger partial charge in [0.15, 0.2) is 0 Å². The Kier molecular flexibility index (Phi) is 3.80. The molecule has 0 N–H and O–H groups in total. The normalized spacial score (nSPS) is 18.3. The van der Waals surface area contributed by atoms with Crippen molar-refractivity contribution >= 4 is 5.97 Å². The highest BCUT2D eigenvalue weighted by atomic mass is 16.5. The summed E-state index contributed by atoms with van der Waals surface area (Å²) in [5, 5.41) is 0. The Morgan fingerprint density at radius 3 is 2.71 bits per heavy atom. The zero-order valence-corrected chi connectivity index (χ0v) is 12.5. The van der Waals surface area contributed by atoms with Crippen LogP contribution in [-0.4, -0.2) is 29.1 Å². The molecule has 1 aliphatic heterocycles. The summed E-state index contributed by atoms with van der Waals surface area (Å²) in [7, 11) is 1.40. The Bertz CT molecular complexity index is 630. The van der Waals surface area contributed by atoms with E-state index in [-0.39, 0.29) is 5.97 Å². The minimum atomic E-state index is -0.286. The fourth-order valence-electron chi connectivity index (χ4n) is 2.94. The fraction of sp³-hybridized carbons (Fsp3) is 0.353. The number of fused-ring (bicyclic) bond motifs is 1. The molecule has 1 atom stereocenters. The summed E-state index contributed by atoms with van der Waals surface area (Å²) in [6.07, 6.45) is 2.15. The topological polar surface area (TPSA) is 34.5 Å². The second kappa shape index (κ2) is 5.74. The lowest BCUT2D eigenvalue weighted by Gasteiger charge is -2.34. The van der Waals surface area contributed by atoms with Crippen LogP contribution < -0.4 is 0 Å². The van der Waals surface area contributed by atoms with Crippen molar-refractivity contribution in [3.63, 3.8) is 0 Å². The molecular formula is C17H20N2O2.